The Bertz CT molecular complexity index is 822. The maximum absolute atomic E-state index is 11.1. The van der Waals surface area contributed by atoms with E-state index in [1.165, 1.54) is 17.0 Å². The number of nitrogens with one attached hydrogen (secondary N) is 1. The highest BCUT2D eigenvalue weighted by Crippen LogP contribution is 2.49. The molecule has 0 fully saturated rings. The lowest BCUT2D eigenvalue weighted by Crippen LogP contribution is -2.32. The quantitative estimate of drug-likeness (QED) is 0.720. The van der Waals surface area contributed by atoms with Crippen molar-refractivity contribution in [2.45, 2.75) is 51.4 Å². The van der Waals surface area contributed by atoms with Gasteiger partial charge in [-0.05, 0) is 36.2 Å². The zero-order chi connectivity index (χ0) is 18.4. The number of carboxylic acid groups (broad SMARTS) is 1. The number of fused-ring (bicyclic) bond motifs is 1. The van der Waals surface area contributed by atoms with Crippen LogP contribution >= 0.6 is 11.3 Å². The summed E-state index contributed by atoms with van der Waals surface area (Å²) in [6.45, 7) is 8.85. The van der Waals surface area contributed by atoms with E-state index in [1.807, 2.05) is 0 Å². The highest BCUT2D eigenvalue weighted by atomic mass is 32.1. The van der Waals surface area contributed by atoms with Crippen LogP contribution in [-0.2, 0) is 10.8 Å². The lowest BCUT2D eigenvalue weighted by molar-refractivity contribution is 0.0697. The van der Waals surface area contributed by atoms with Gasteiger partial charge < -0.3 is 10.4 Å². The monoisotopic (exact) mass is 359 g/mol. The van der Waals surface area contributed by atoms with E-state index in [4.69, 9.17) is 10.1 Å². The number of nitrogens with zero attached hydrogens (tertiary/aromatic N) is 2. The van der Waals surface area contributed by atoms with Crippen LogP contribution in [0.3, 0.4) is 0 Å². The van der Waals surface area contributed by atoms with Crippen molar-refractivity contribution >= 4 is 33.8 Å². The van der Waals surface area contributed by atoms with Crippen molar-refractivity contribution in [2.24, 2.45) is 5.18 Å². The molecular formula is C18H21N3O3S. The average Bonchev–Trinajstić information content (AvgIpc) is 2.98. The van der Waals surface area contributed by atoms with Gasteiger partial charge in [-0.2, -0.15) is 0 Å². The summed E-state index contributed by atoms with van der Waals surface area (Å²) in [4.78, 5) is 28.2. The van der Waals surface area contributed by atoms with Gasteiger partial charge in [0.1, 0.15) is 5.69 Å². The van der Waals surface area contributed by atoms with Crippen LogP contribution in [0.4, 0.5) is 16.5 Å². The van der Waals surface area contributed by atoms with Gasteiger partial charge in [-0.1, -0.05) is 27.7 Å². The van der Waals surface area contributed by atoms with E-state index in [1.54, 1.807) is 17.4 Å². The molecule has 0 spiro atoms. The number of carboxylic acids is 1. The van der Waals surface area contributed by atoms with Crippen molar-refractivity contribution in [1.29, 1.82) is 0 Å². The molecule has 1 aliphatic carbocycles. The molecule has 3 rings (SSSR count). The fraction of sp³-hybridized carbons (Fsp3) is 0.444. The van der Waals surface area contributed by atoms with E-state index in [2.05, 4.69) is 38.2 Å². The highest BCUT2D eigenvalue weighted by molar-refractivity contribution is 7.16. The fourth-order valence-electron chi connectivity index (χ4n) is 3.11. The third-order valence-corrected chi connectivity index (χ3v) is 6.18. The molecule has 0 saturated heterocycles. The highest BCUT2D eigenvalue weighted by Gasteiger charge is 2.40. The second-order valence-corrected chi connectivity index (χ2v) is 8.72. The van der Waals surface area contributed by atoms with Gasteiger partial charge in [0.25, 0.3) is 0 Å². The zero-order valence-electron chi connectivity index (χ0n) is 14.7. The molecule has 0 aliphatic heterocycles. The summed E-state index contributed by atoms with van der Waals surface area (Å²) >= 11 is 1.59. The Morgan fingerprint density at radius 1 is 1.24 bits per heavy atom. The van der Waals surface area contributed by atoms with Crippen molar-refractivity contribution in [3.8, 4) is 0 Å². The molecule has 132 valence electrons. The SMILES string of the molecule is CC1(C)CCC(C)(C)c2sc(Nc3ccc(C(=O)O)cc3N=O)nc21. The summed E-state index contributed by atoms with van der Waals surface area (Å²) in [6, 6.07) is 4.26. The molecular weight excluding hydrogens is 338 g/mol. The third-order valence-electron chi connectivity index (χ3n) is 4.84. The summed E-state index contributed by atoms with van der Waals surface area (Å²) in [7, 11) is 0. The number of anilines is 2. The Morgan fingerprint density at radius 3 is 2.52 bits per heavy atom. The van der Waals surface area contributed by atoms with E-state index in [9.17, 15) is 9.70 Å². The summed E-state index contributed by atoms with van der Waals surface area (Å²) in [6.07, 6.45) is 2.17. The first-order chi connectivity index (χ1) is 11.6. The Morgan fingerprint density at radius 2 is 1.92 bits per heavy atom. The third kappa shape index (κ3) is 3.16. The van der Waals surface area contributed by atoms with E-state index < -0.39 is 5.97 Å². The van der Waals surface area contributed by atoms with Gasteiger partial charge in [0.15, 0.2) is 5.13 Å². The summed E-state index contributed by atoms with van der Waals surface area (Å²) in [5.74, 6) is -1.09. The molecule has 2 aromatic rings. The number of benzene rings is 1. The Balaban J connectivity index is 1.99. The van der Waals surface area contributed by atoms with Crippen LogP contribution < -0.4 is 5.32 Å². The van der Waals surface area contributed by atoms with Gasteiger partial charge in [-0.25, -0.2) is 9.78 Å². The van der Waals surface area contributed by atoms with Crippen molar-refractivity contribution in [1.82, 2.24) is 4.98 Å². The standard InChI is InChI=1S/C18H21N3O3S/c1-17(2)7-8-18(3,4)14-13(17)20-16(25-14)19-11-6-5-10(15(22)23)9-12(11)21-24/h5-6,9H,7-8H2,1-4H3,(H,19,20)(H,22,23). The maximum Gasteiger partial charge on any atom is 0.335 e. The molecule has 2 N–H and O–H groups in total. The van der Waals surface area contributed by atoms with Crippen molar-refractivity contribution < 1.29 is 9.90 Å². The summed E-state index contributed by atoms with van der Waals surface area (Å²) in [5.41, 5.74) is 1.73. The van der Waals surface area contributed by atoms with E-state index in [0.717, 1.165) is 18.5 Å². The van der Waals surface area contributed by atoms with Crippen LogP contribution in [0.2, 0.25) is 0 Å². The minimum atomic E-state index is -1.09. The van der Waals surface area contributed by atoms with Crippen molar-refractivity contribution in [3.63, 3.8) is 0 Å². The molecule has 1 aromatic heterocycles. The van der Waals surface area contributed by atoms with Gasteiger partial charge in [0.2, 0.25) is 0 Å². The number of thiazole rings is 1. The van der Waals surface area contributed by atoms with Crippen molar-refractivity contribution in [3.05, 3.63) is 39.2 Å². The average molecular weight is 359 g/mol. The molecule has 25 heavy (non-hydrogen) atoms. The number of hydrogen-bond acceptors (Lipinski definition) is 6. The first-order valence-corrected chi connectivity index (χ1v) is 8.95. The Hall–Kier alpha value is -2.28. The second kappa shape index (κ2) is 5.91. The molecule has 1 aliphatic rings. The molecule has 0 saturated carbocycles. The molecule has 7 heteroatoms. The second-order valence-electron chi connectivity index (χ2n) is 7.72. The lowest BCUT2D eigenvalue weighted by Gasteiger charge is -2.37. The minimum absolute atomic E-state index is 0.0141. The van der Waals surface area contributed by atoms with Crippen LogP contribution in [-0.4, -0.2) is 16.1 Å². The van der Waals surface area contributed by atoms with Gasteiger partial charge in [0, 0.05) is 15.7 Å². The zero-order valence-corrected chi connectivity index (χ0v) is 15.5. The van der Waals surface area contributed by atoms with Gasteiger partial charge in [-0.15, -0.1) is 16.2 Å². The molecule has 0 amide bonds. The predicted molar refractivity (Wildman–Crippen MR) is 99.5 cm³/mol. The number of hydrogen-bond donors (Lipinski definition) is 2. The van der Waals surface area contributed by atoms with Crippen LogP contribution in [0.15, 0.2) is 23.4 Å². The Kier molecular flexibility index (Phi) is 4.15. The number of carbonyl (C=O) groups is 1. The van der Waals surface area contributed by atoms with Gasteiger partial charge in [-0.3, -0.25) is 0 Å². The molecule has 1 aromatic carbocycles. The van der Waals surface area contributed by atoms with Crippen LogP contribution in [0.1, 0.15) is 61.5 Å². The number of nitroso groups, excluding NO2 is 1. The smallest absolute Gasteiger partial charge is 0.335 e. The van der Waals surface area contributed by atoms with E-state index in [0.29, 0.717) is 10.8 Å². The predicted octanol–water partition coefficient (Wildman–Crippen LogP) is 5.33. The number of rotatable bonds is 4. The molecule has 1 heterocycles. The summed E-state index contributed by atoms with van der Waals surface area (Å²) in [5, 5.41) is 15.8. The molecule has 6 nitrogen and oxygen atoms in total. The number of aromatic nitrogens is 1. The van der Waals surface area contributed by atoms with Crippen molar-refractivity contribution in [2.75, 3.05) is 5.32 Å². The fourth-order valence-corrected chi connectivity index (χ4v) is 4.40. The molecule has 0 atom stereocenters. The molecule has 0 bridgehead atoms. The van der Waals surface area contributed by atoms with Crippen LogP contribution in [0.25, 0.3) is 0 Å². The first-order valence-electron chi connectivity index (χ1n) is 8.13. The normalized spacial score (nSPS) is 17.6. The number of aromatic carboxylic acids is 1. The lowest BCUT2D eigenvalue weighted by atomic mass is 9.69. The topological polar surface area (TPSA) is 91.6 Å². The van der Waals surface area contributed by atoms with Crippen LogP contribution in [0, 0.1) is 4.91 Å². The summed E-state index contributed by atoms with van der Waals surface area (Å²) < 4.78 is 0. The van der Waals surface area contributed by atoms with Gasteiger partial charge in [0.05, 0.1) is 16.9 Å². The maximum atomic E-state index is 11.1. The first kappa shape index (κ1) is 17.5. The molecule has 0 radical (unpaired) electrons. The van der Waals surface area contributed by atoms with Gasteiger partial charge >= 0.3 is 5.97 Å². The van der Waals surface area contributed by atoms with E-state index >= 15 is 0 Å². The van der Waals surface area contributed by atoms with Crippen LogP contribution in [0.5, 0.6) is 0 Å². The molecule has 0 unspecified atom stereocenters. The minimum Gasteiger partial charge on any atom is -0.478 e. The Labute approximate surface area is 150 Å². The largest absolute Gasteiger partial charge is 0.478 e. The van der Waals surface area contributed by atoms with E-state index in [-0.39, 0.29) is 22.1 Å².